The molecule has 2 aromatic rings. The van der Waals surface area contributed by atoms with Crippen LogP contribution in [0.15, 0.2) is 30.5 Å². The van der Waals surface area contributed by atoms with Gasteiger partial charge in [-0.1, -0.05) is 0 Å². The third-order valence-electron chi connectivity index (χ3n) is 3.36. The zero-order chi connectivity index (χ0) is 12.7. The van der Waals surface area contributed by atoms with Crippen molar-refractivity contribution >= 4 is 5.84 Å². The summed E-state index contributed by atoms with van der Waals surface area (Å²) >= 11 is 0. The molecule has 1 aromatic heterocycles. The number of nitrogens with zero attached hydrogens (tertiary/aromatic N) is 2. The van der Waals surface area contributed by atoms with E-state index in [0.29, 0.717) is 5.92 Å². The van der Waals surface area contributed by atoms with Crippen LogP contribution in [0.5, 0.6) is 0 Å². The van der Waals surface area contributed by atoms with E-state index in [-0.39, 0.29) is 5.84 Å². The number of aromatic nitrogens is 2. The van der Waals surface area contributed by atoms with Gasteiger partial charge < -0.3 is 5.73 Å². The van der Waals surface area contributed by atoms with Crippen molar-refractivity contribution in [1.82, 2.24) is 9.78 Å². The van der Waals surface area contributed by atoms with Crippen LogP contribution < -0.4 is 5.73 Å². The summed E-state index contributed by atoms with van der Waals surface area (Å²) < 4.78 is 1.91. The van der Waals surface area contributed by atoms with Crippen LogP contribution in [0.3, 0.4) is 0 Å². The van der Waals surface area contributed by atoms with E-state index >= 15 is 0 Å². The first-order valence-electron chi connectivity index (χ1n) is 6.16. The number of rotatable bonds is 3. The van der Waals surface area contributed by atoms with Gasteiger partial charge in [-0.05, 0) is 49.6 Å². The van der Waals surface area contributed by atoms with Crippen molar-refractivity contribution in [2.45, 2.75) is 25.7 Å². The predicted octanol–water partition coefficient (Wildman–Crippen LogP) is 2.34. The number of amidine groups is 1. The van der Waals surface area contributed by atoms with E-state index in [9.17, 15) is 0 Å². The van der Waals surface area contributed by atoms with Crippen molar-refractivity contribution in [3.8, 4) is 5.69 Å². The van der Waals surface area contributed by atoms with E-state index in [1.807, 2.05) is 36.0 Å². The Morgan fingerprint density at radius 1 is 1.39 bits per heavy atom. The van der Waals surface area contributed by atoms with Gasteiger partial charge in [-0.3, -0.25) is 5.41 Å². The maximum absolute atomic E-state index is 7.43. The van der Waals surface area contributed by atoms with Crippen molar-refractivity contribution in [1.29, 1.82) is 5.41 Å². The first kappa shape index (κ1) is 11.0. The zero-order valence-electron chi connectivity index (χ0n) is 10.4. The summed E-state index contributed by atoms with van der Waals surface area (Å²) in [5.74, 6) is 0.770. The molecule has 0 spiro atoms. The lowest BCUT2D eigenvalue weighted by Crippen LogP contribution is -2.11. The maximum Gasteiger partial charge on any atom is 0.122 e. The van der Waals surface area contributed by atoms with E-state index in [2.05, 4.69) is 11.2 Å². The Hall–Kier alpha value is -2.10. The molecular weight excluding hydrogens is 224 g/mol. The lowest BCUT2D eigenvalue weighted by molar-refractivity contribution is 0.832. The third-order valence-corrected chi connectivity index (χ3v) is 3.36. The summed E-state index contributed by atoms with van der Waals surface area (Å²) in [5, 5.41) is 12.0. The van der Waals surface area contributed by atoms with Gasteiger partial charge in [0.05, 0.1) is 11.4 Å². The molecule has 0 saturated heterocycles. The van der Waals surface area contributed by atoms with Crippen LogP contribution in [0, 0.1) is 12.3 Å². The molecule has 1 aliphatic carbocycles. The molecule has 0 radical (unpaired) electrons. The van der Waals surface area contributed by atoms with E-state index in [1.54, 1.807) is 0 Å². The highest BCUT2D eigenvalue weighted by atomic mass is 15.3. The minimum atomic E-state index is 0.101. The quantitative estimate of drug-likeness (QED) is 0.638. The third kappa shape index (κ3) is 1.90. The molecule has 3 N–H and O–H groups in total. The van der Waals surface area contributed by atoms with Crippen molar-refractivity contribution in [3.63, 3.8) is 0 Å². The van der Waals surface area contributed by atoms with Crippen molar-refractivity contribution in [3.05, 3.63) is 47.3 Å². The molecule has 1 heterocycles. The smallest absolute Gasteiger partial charge is 0.122 e. The molecule has 1 fully saturated rings. The van der Waals surface area contributed by atoms with E-state index in [1.165, 1.54) is 18.5 Å². The Kier molecular flexibility index (Phi) is 2.44. The number of aryl methyl sites for hydroxylation is 1. The molecule has 1 aliphatic rings. The molecule has 0 aliphatic heterocycles. The largest absolute Gasteiger partial charge is 0.384 e. The SMILES string of the molecule is Cc1cc(C(=N)N)ccc1-n1ccc(C2CC2)n1. The Balaban J connectivity index is 1.97. The Morgan fingerprint density at radius 3 is 2.78 bits per heavy atom. The number of nitrogens with two attached hydrogens (primary N) is 1. The van der Waals surface area contributed by atoms with Crippen molar-refractivity contribution in [2.75, 3.05) is 0 Å². The molecule has 1 saturated carbocycles. The van der Waals surface area contributed by atoms with Crippen LogP contribution in [0.1, 0.15) is 35.6 Å². The Labute approximate surface area is 106 Å². The van der Waals surface area contributed by atoms with Crippen LogP contribution >= 0.6 is 0 Å². The molecule has 0 amide bonds. The first-order chi connectivity index (χ1) is 8.65. The summed E-state index contributed by atoms with van der Waals surface area (Å²) in [7, 11) is 0. The van der Waals surface area contributed by atoms with Gasteiger partial charge in [-0.25, -0.2) is 4.68 Å². The number of nitrogen functional groups attached to an aromatic ring is 1. The summed E-state index contributed by atoms with van der Waals surface area (Å²) in [6, 6.07) is 7.85. The average molecular weight is 240 g/mol. The highest BCUT2D eigenvalue weighted by Gasteiger charge is 2.25. The molecule has 18 heavy (non-hydrogen) atoms. The topological polar surface area (TPSA) is 67.7 Å². The lowest BCUT2D eigenvalue weighted by Gasteiger charge is -2.07. The van der Waals surface area contributed by atoms with Gasteiger partial charge in [0.1, 0.15) is 5.84 Å². The van der Waals surface area contributed by atoms with Gasteiger partial charge in [0.2, 0.25) is 0 Å². The molecule has 4 heteroatoms. The first-order valence-corrected chi connectivity index (χ1v) is 6.16. The van der Waals surface area contributed by atoms with Crippen molar-refractivity contribution in [2.24, 2.45) is 5.73 Å². The van der Waals surface area contributed by atoms with Crippen molar-refractivity contribution < 1.29 is 0 Å². The standard InChI is InChI=1S/C14H16N4/c1-9-8-11(14(15)16)4-5-13(9)18-7-6-12(17-18)10-2-3-10/h4-8,10H,2-3H2,1H3,(H3,15,16). The van der Waals surface area contributed by atoms with Gasteiger partial charge in [0, 0.05) is 17.7 Å². The van der Waals surface area contributed by atoms with Gasteiger partial charge in [-0.2, -0.15) is 5.10 Å². The zero-order valence-corrected chi connectivity index (χ0v) is 10.4. The molecule has 1 aromatic carbocycles. The number of nitrogens with one attached hydrogen (secondary N) is 1. The Bertz CT molecular complexity index is 608. The van der Waals surface area contributed by atoms with Gasteiger partial charge >= 0.3 is 0 Å². The van der Waals surface area contributed by atoms with Crippen LogP contribution in [-0.2, 0) is 0 Å². The summed E-state index contributed by atoms with van der Waals surface area (Å²) in [6.45, 7) is 2.01. The molecule has 0 bridgehead atoms. The second-order valence-electron chi connectivity index (χ2n) is 4.87. The average Bonchev–Trinajstić information content (AvgIpc) is 3.08. The minimum Gasteiger partial charge on any atom is -0.384 e. The monoisotopic (exact) mass is 240 g/mol. The highest BCUT2D eigenvalue weighted by molar-refractivity contribution is 5.95. The Morgan fingerprint density at radius 2 is 2.17 bits per heavy atom. The van der Waals surface area contributed by atoms with Gasteiger partial charge in [-0.15, -0.1) is 0 Å². The predicted molar refractivity (Wildman–Crippen MR) is 71.3 cm³/mol. The molecule has 92 valence electrons. The normalized spacial score (nSPS) is 14.7. The fourth-order valence-corrected chi connectivity index (χ4v) is 2.15. The summed E-state index contributed by atoms with van der Waals surface area (Å²) in [5.41, 5.74) is 9.55. The lowest BCUT2D eigenvalue weighted by atomic mass is 10.1. The second kappa shape index (κ2) is 3.98. The molecule has 0 unspecified atom stereocenters. The fraction of sp³-hybridized carbons (Fsp3) is 0.286. The van der Waals surface area contributed by atoms with E-state index in [4.69, 9.17) is 11.1 Å². The van der Waals surface area contributed by atoms with Crippen LogP contribution in [0.4, 0.5) is 0 Å². The van der Waals surface area contributed by atoms with Crippen LogP contribution in [-0.4, -0.2) is 15.6 Å². The highest BCUT2D eigenvalue weighted by Crippen LogP contribution is 2.39. The van der Waals surface area contributed by atoms with E-state index in [0.717, 1.165) is 16.8 Å². The number of benzene rings is 1. The van der Waals surface area contributed by atoms with E-state index < -0.39 is 0 Å². The summed E-state index contributed by atoms with van der Waals surface area (Å²) in [6.07, 6.45) is 4.53. The molecule has 3 rings (SSSR count). The molecule has 0 atom stereocenters. The molecule has 4 nitrogen and oxygen atoms in total. The second-order valence-corrected chi connectivity index (χ2v) is 4.87. The molecular formula is C14H16N4. The van der Waals surface area contributed by atoms with Crippen LogP contribution in [0.2, 0.25) is 0 Å². The summed E-state index contributed by atoms with van der Waals surface area (Å²) in [4.78, 5) is 0. The maximum atomic E-state index is 7.43. The van der Waals surface area contributed by atoms with Gasteiger partial charge in [0.25, 0.3) is 0 Å². The number of hydrogen-bond acceptors (Lipinski definition) is 2. The fourth-order valence-electron chi connectivity index (χ4n) is 2.15. The van der Waals surface area contributed by atoms with Gasteiger partial charge in [0.15, 0.2) is 0 Å². The number of hydrogen-bond donors (Lipinski definition) is 2. The minimum absolute atomic E-state index is 0.101. The van der Waals surface area contributed by atoms with Crippen LogP contribution in [0.25, 0.3) is 5.69 Å².